The molecule has 1 aliphatic heterocycles. The van der Waals surface area contributed by atoms with E-state index in [1.165, 1.54) is 0 Å². The molecule has 0 aliphatic carbocycles. The Balaban J connectivity index is 1.37. The van der Waals surface area contributed by atoms with Crippen LogP contribution in [0.15, 0.2) is 24.3 Å². The number of carbonyl (C=O) groups excluding carboxylic acids is 1. The van der Waals surface area contributed by atoms with E-state index in [9.17, 15) is 4.79 Å². The van der Waals surface area contributed by atoms with Crippen molar-refractivity contribution in [3.63, 3.8) is 0 Å². The van der Waals surface area contributed by atoms with Gasteiger partial charge in [-0.2, -0.15) is 0 Å². The van der Waals surface area contributed by atoms with E-state index in [4.69, 9.17) is 19.6 Å². The molecular formula is C24H25N5O3. The fourth-order valence-corrected chi connectivity index (χ4v) is 4.31. The van der Waals surface area contributed by atoms with Crippen molar-refractivity contribution in [1.29, 1.82) is 0 Å². The van der Waals surface area contributed by atoms with Crippen LogP contribution in [0.25, 0.3) is 16.7 Å². The first-order valence-corrected chi connectivity index (χ1v) is 10.7. The monoisotopic (exact) mass is 431 g/mol. The molecule has 8 nitrogen and oxygen atoms in total. The summed E-state index contributed by atoms with van der Waals surface area (Å²) < 4.78 is 13.0. The highest BCUT2D eigenvalue weighted by atomic mass is 16.6. The molecule has 0 radical (unpaired) electrons. The molecule has 1 aliphatic rings. The van der Waals surface area contributed by atoms with E-state index < -0.39 is 0 Å². The number of nitrogens with one attached hydrogen (secondary N) is 1. The van der Waals surface area contributed by atoms with E-state index in [2.05, 4.69) is 17.2 Å². The third-order valence-electron chi connectivity index (χ3n) is 5.84. The van der Waals surface area contributed by atoms with E-state index >= 15 is 0 Å². The largest absolute Gasteiger partial charge is 0.486 e. The number of benzene rings is 1. The minimum absolute atomic E-state index is 0.0701. The van der Waals surface area contributed by atoms with Gasteiger partial charge in [0.15, 0.2) is 22.8 Å². The molecule has 0 saturated carbocycles. The molecular weight excluding hydrogens is 406 g/mol. The second-order valence-electron chi connectivity index (χ2n) is 8.18. The van der Waals surface area contributed by atoms with Gasteiger partial charge in [-0.15, -0.1) is 5.10 Å². The first-order valence-electron chi connectivity index (χ1n) is 10.7. The summed E-state index contributed by atoms with van der Waals surface area (Å²) in [5, 5.41) is 8.61. The molecule has 4 heterocycles. The van der Waals surface area contributed by atoms with E-state index in [1.807, 2.05) is 43.5 Å². The predicted octanol–water partition coefficient (Wildman–Crippen LogP) is 3.85. The minimum Gasteiger partial charge on any atom is -0.486 e. The summed E-state index contributed by atoms with van der Waals surface area (Å²) in [4.78, 5) is 22.0. The van der Waals surface area contributed by atoms with Gasteiger partial charge in [0.25, 0.3) is 0 Å². The van der Waals surface area contributed by atoms with Crippen LogP contribution in [0, 0.1) is 27.7 Å². The van der Waals surface area contributed by atoms with Gasteiger partial charge in [0.1, 0.15) is 13.2 Å². The number of nitrogens with zero attached hydrogens (tertiary/aromatic N) is 4. The maximum atomic E-state index is 12.6. The van der Waals surface area contributed by atoms with Crippen LogP contribution in [0.4, 0.5) is 5.69 Å². The van der Waals surface area contributed by atoms with Crippen LogP contribution in [0.5, 0.6) is 11.5 Å². The summed E-state index contributed by atoms with van der Waals surface area (Å²) in [6.45, 7) is 9.07. The van der Waals surface area contributed by atoms with Crippen molar-refractivity contribution in [2.75, 3.05) is 18.5 Å². The van der Waals surface area contributed by atoms with Gasteiger partial charge in [-0.1, -0.05) is 0 Å². The Labute approximate surface area is 185 Å². The molecule has 3 aromatic heterocycles. The summed E-state index contributed by atoms with van der Waals surface area (Å²) in [6, 6.07) is 7.48. The minimum atomic E-state index is -0.0701. The second-order valence-corrected chi connectivity index (χ2v) is 8.18. The van der Waals surface area contributed by atoms with Gasteiger partial charge < -0.3 is 14.8 Å². The maximum Gasteiger partial charge on any atom is 0.224 e. The van der Waals surface area contributed by atoms with Crippen molar-refractivity contribution in [1.82, 2.24) is 19.6 Å². The molecule has 8 heteroatoms. The normalized spacial score (nSPS) is 13.0. The van der Waals surface area contributed by atoms with E-state index in [0.29, 0.717) is 48.9 Å². The molecule has 4 aromatic rings. The van der Waals surface area contributed by atoms with Gasteiger partial charge in [-0.05, 0) is 63.4 Å². The Bertz CT molecular complexity index is 1380. The molecule has 32 heavy (non-hydrogen) atoms. The van der Waals surface area contributed by atoms with Crippen molar-refractivity contribution < 1.29 is 14.3 Å². The number of pyridine rings is 1. The zero-order valence-corrected chi connectivity index (χ0v) is 18.7. The Kier molecular flexibility index (Phi) is 4.92. The van der Waals surface area contributed by atoms with Crippen molar-refractivity contribution in [2.45, 2.75) is 40.5 Å². The summed E-state index contributed by atoms with van der Waals surface area (Å²) in [5.41, 5.74) is 7.16. The van der Waals surface area contributed by atoms with Crippen LogP contribution in [0.2, 0.25) is 0 Å². The lowest BCUT2D eigenvalue weighted by Gasteiger charge is -2.19. The molecule has 5 rings (SSSR count). The van der Waals surface area contributed by atoms with E-state index in [1.54, 1.807) is 6.07 Å². The first kappa shape index (κ1) is 20.2. The number of aromatic nitrogens is 4. The topological polar surface area (TPSA) is 90.6 Å². The lowest BCUT2D eigenvalue weighted by atomic mass is 10.1. The van der Waals surface area contributed by atoms with Crippen LogP contribution >= 0.6 is 0 Å². The van der Waals surface area contributed by atoms with Crippen molar-refractivity contribution in [3.05, 3.63) is 52.5 Å². The van der Waals surface area contributed by atoms with E-state index in [0.717, 1.165) is 39.2 Å². The average molecular weight is 431 g/mol. The number of amides is 1. The SMILES string of the molecule is Cc1cc(C)c2c(n1)nn1c(C)c(CCC(=O)Nc3ccc4c(c3)OCCO4)c(C)nc21. The average Bonchev–Trinajstić information content (AvgIpc) is 3.12. The quantitative estimate of drug-likeness (QED) is 0.528. The highest BCUT2D eigenvalue weighted by molar-refractivity contribution is 5.93. The summed E-state index contributed by atoms with van der Waals surface area (Å²) in [6.07, 6.45) is 0.902. The summed E-state index contributed by atoms with van der Waals surface area (Å²) >= 11 is 0. The lowest BCUT2D eigenvalue weighted by molar-refractivity contribution is -0.116. The highest BCUT2D eigenvalue weighted by Gasteiger charge is 2.18. The number of anilines is 1. The van der Waals surface area contributed by atoms with Gasteiger partial charge in [0.05, 0.1) is 5.39 Å². The second kappa shape index (κ2) is 7.78. The molecule has 0 saturated heterocycles. The maximum absolute atomic E-state index is 12.6. The number of fused-ring (bicyclic) bond motifs is 4. The smallest absolute Gasteiger partial charge is 0.224 e. The Hall–Kier alpha value is -3.68. The lowest BCUT2D eigenvalue weighted by Crippen LogP contribution is -2.17. The summed E-state index contributed by atoms with van der Waals surface area (Å²) in [7, 11) is 0. The number of aryl methyl sites for hydroxylation is 4. The van der Waals surface area contributed by atoms with Crippen LogP contribution < -0.4 is 14.8 Å². The molecule has 164 valence electrons. The highest BCUT2D eigenvalue weighted by Crippen LogP contribution is 2.32. The third kappa shape index (κ3) is 3.51. The van der Waals surface area contributed by atoms with Crippen LogP contribution in [0.1, 0.15) is 34.6 Å². The number of hydrogen-bond acceptors (Lipinski definition) is 6. The fraction of sp³-hybridized carbons (Fsp3) is 0.333. The molecule has 0 fully saturated rings. The number of rotatable bonds is 4. The number of carbonyl (C=O) groups is 1. The number of ether oxygens (including phenoxy) is 2. The van der Waals surface area contributed by atoms with Gasteiger partial charge in [0.2, 0.25) is 5.91 Å². The van der Waals surface area contributed by atoms with Crippen LogP contribution in [0.3, 0.4) is 0 Å². The first-order chi connectivity index (χ1) is 15.4. The van der Waals surface area contributed by atoms with Gasteiger partial charge in [-0.3, -0.25) is 4.79 Å². The molecule has 1 N–H and O–H groups in total. The zero-order valence-electron chi connectivity index (χ0n) is 18.7. The van der Waals surface area contributed by atoms with Gasteiger partial charge in [0, 0.05) is 35.3 Å². The Morgan fingerprint density at radius 3 is 2.66 bits per heavy atom. The van der Waals surface area contributed by atoms with Gasteiger partial charge in [-0.25, -0.2) is 14.5 Å². The number of hydrogen-bond donors (Lipinski definition) is 1. The van der Waals surface area contributed by atoms with Crippen LogP contribution in [-0.2, 0) is 11.2 Å². The fourth-order valence-electron chi connectivity index (χ4n) is 4.31. The zero-order chi connectivity index (χ0) is 22.4. The molecule has 0 bridgehead atoms. The predicted molar refractivity (Wildman–Crippen MR) is 122 cm³/mol. The molecule has 1 aromatic carbocycles. The molecule has 1 amide bonds. The standard InChI is InChI=1S/C24H25N5O3/c1-13-11-14(2)25-23-22(13)24-26-15(3)18(16(4)29(24)28-23)6-8-21(30)27-17-5-7-19-20(12-17)32-10-9-31-19/h5,7,11-12H,6,8-10H2,1-4H3,(H,27,30). The molecule has 0 unspecified atom stereocenters. The molecule has 0 atom stereocenters. The Morgan fingerprint density at radius 2 is 1.84 bits per heavy atom. The Morgan fingerprint density at radius 1 is 1.06 bits per heavy atom. The van der Waals surface area contributed by atoms with Crippen molar-refractivity contribution in [2.24, 2.45) is 0 Å². The van der Waals surface area contributed by atoms with Crippen LogP contribution in [-0.4, -0.2) is 38.7 Å². The summed E-state index contributed by atoms with van der Waals surface area (Å²) in [5.74, 6) is 1.28. The van der Waals surface area contributed by atoms with E-state index in [-0.39, 0.29) is 5.91 Å². The van der Waals surface area contributed by atoms with Crippen molar-refractivity contribution in [3.8, 4) is 11.5 Å². The molecule has 0 spiro atoms. The van der Waals surface area contributed by atoms with Gasteiger partial charge >= 0.3 is 0 Å². The van der Waals surface area contributed by atoms with Crippen molar-refractivity contribution >= 4 is 28.3 Å². The third-order valence-corrected chi connectivity index (χ3v) is 5.84.